The van der Waals surface area contributed by atoms with Crippen molar-refractivity contribution in [3.05, 3.63) is 42.7 Å². The summed E-state index contributed by atoms with van der Waals surface area (Å²) in [5.41, 5.74) is 3.08. The van der Waals surface area contributed by atoms with E-state index in [1.54, 1.807) is 6.33 Å². The minimum Gasteiger partial charge on any atom is -0.454 e. The fourth-order valence-electron chi connectivity index (χ4n) is 3.63. The van der Waals surface area contributed by atoms with Crippen LogP contribution in [-0.4, -0.2) is 36.0 Å². The van der Waals surface area contributed by atoms with Gasteiger partial charge in [-0.3, -0.25) is 0 Å². The Kier molecular flexibility index (Phi) is 4.26. The lowest BCUT2D eigenvalue weighted by Gasteiger charge is -2.23. The van der Waals surface area contributed by atoms with E-state index in [-0.39, 0.29) is 12.9 Å². The van der Waals surface area contributed by atoms with Crippen LogP contribution in [0.3, 0.4) is 0 Å². The molecule has 2 aliphatic rings. The summed E-state index contributed by atoms with van der Waals surface area (Å²) >= 11 is 0. The van der Waals surface area contributed by atoms with Crippen molar-refractivity contribution in [3.63, 3.8) is 0 Å². The van der Waals surface area contributed by atoms with Gasteiger partial charge in [0.2, 0.25) is 6.79 Å². The van der Waals surface area contributed by atoms with E-state index in [0.29, 0.717) is 0 Å². The second-order valence-electron chi connectivity index (χ2n) is 6.89. The Bertz CT molecular complexity index is 970. The van der Waals surface area contributed by atoms with Gasteiger partial charge >= 0.3 is 0 Å². The van der Waals surface area contributed by atoms with Crippen LogP contribution in [0.25, 0.3) is 22.0 Å². The fraction of sp³-hybridized carbons (Fsp3) is 0.333. The molecular weight excluding hydrogens is 342 g/mol. The van der Waals surface area contributed by atoms with Crippen LogP contribution in [0.4, 0.5) is 5.82 Å². The van der Waals surface area contributed by atoms with Gasteiger partial charge in [-0.1, -0.05) is 12.1 Å². The maximum absolute atomic E-state index is 5.82. The van der Waals surface area contributed by atoms with Crippen molar-refractivity contribution in [2.24, 2.45) is 0 Å². The zero-order valence-corrected chi connectivity index (χ0v) is 15.0. The Morgan fingerprint density at radius 3 is 2.78 bits per heavy atom. The van der Waals surface area contributed by atoms with Crippen molar-refractivity contribution in [1.82, 2.24) is 9.97 Å². The summed E-state index contributed by atoms with van der Waals surface area (Å²) in [5.74, 6) is 2.42. The lowest BCUT2D eigenvalue weighted by molar-refractivity contribution is 0.0247. The standard InChI is InChI=1S/C21H21N3O3/c1-2-8-25-16(3-1)11-22-21-17-9-14(4-6-18(17)23-12-24-21)15-5-7-19-20(10-15)27-13-26-19/h4-7,9-10,12,16H,1-3,8,11,13H2,(H,22,23,24). The second-order valence-corrected chi connectivity index (χ2v) is 6.89. The maximum atomic E-state index is 5.82. The summed E-state index contributed by atoms with van der Waals surface area (Å²) in [4.78, 5) is 8.86. The number of aromatic nitrogens is 2. The number of nitrogens with one attached hydrogen (secondary N) is 1. The third kappa shape index (κ3) is 3.28. The molecule has 1 unspecified atom stereocenters. The molecule has 2 aromatic carbocycles. The largest absolute Gasteiger partial charge is 0.454 e. The zero-order valence-electron chi connectivity index (χ0n) is 15.0. The van der Waals surface area contributed by atoms with E-state index in [1.807, 2.05) is 24.3 Å². The van der Waals surface area contributed by atoms with Gasteiger partial charge in [0.05, 0.1) is 11.6 Å². The molecule has 6 heteroatoms. The SMILES string of the molecule is c1nc(NCC2CCCCO2)c2cc(-c3ccc4c(c3)OCO4)ccc2n1. The molecule has 2 aliphatic heterocycles. The zero-order chi connectivity index (χ0) is 18.1. The molecule has 1 atom stereocenters. The number of hydrogen-bond donors (Lipinski definition) is 1. The molecule has 3 aromatic rings. The molecule has 3 heterocycles. The molecule has 1 aromatic heterocycles. The number of benzene rings is 2. The van der Waals surface area contributed by atoms with Gasteiger partial charge in [-0.2, -0.15) is 0 Å². The average Bonchev–Trinajstić information content (AvgIpc) is 3.20. The maximum Gasteiger partial charge on any atom is 0.231 e. The molecule has 5 rings (SSSR count). The molecule has 1 saturated heterocycles. The van der Waals surface area contributed by atoms with Crippen molar-refractivity contribution in [1.29, 1.82) is 0 Å². The van der Waals surface area contributed by atoms with Crippen LogP contribution in [0.15, 0.2) is 42.7 Å². The first-order chi connectivity index (χ1) is 13.4. The minimum atomic E-state index is 0.251. The van der Waals surface area contributed by atoms with Gasteiger partial charge in [-0.05, 0) is 54.7 Å². The normalized spacial score (nSPS) is 18.6. The molecule has 0 spiro atoms. The molecule has 0 bridgehead atoms. The van der Waals surface area contributed by atoms with Crippen molar-refractivity contribution in [2.75, 3.05) is 25.3 Å². The fourth-order valence-corrected chi connectivity index (χ4v) is 3.63. The molecule has 0 aliphatic carbocycles. The highest BCUT2D eigenvalue weighted by Gasteiger charge is 2.16. The van der Waals surface area contributed by atoms with Crippen molar-refractivity contribution in [3.8, 4) is 22.6 Å². The Labute approximate surface area is 157 Å². The topological polar surface area (TPSA) is 65.5 Å². The van der Waals surface area contributed by atoms with E-state index in [4.69, 9.17) is 14.2 Å². The number of rotatable bonds is 4. The van der Waals surface area contributed by atoms with Gasteiger partial charge in [0.1, 0.15) is 12.1 Å². The van der Waals surface area contributed by atoms with Gasteiger partial charge in [0.25, 0.3) is 0 Å². The quantitative estimate of drug-likeness (QED) is 0.756. The molecule has 1 fully saturated rings. The summed E-state index contributed by atoms with van der Waals surface area (Å²) < 4.78 is 16.7. The molecule has 0 amide bonds. The predicted molar refractivity (Wildman–Crippen MR) is 103 cm³/mol. The number of ether oxygens (including phenoxy) is 3. The van der Waals surface area contributed by atoms with Gasteiger partial charge in [-0.15, -0.1) is 0 Å². The summed E-state index contributed by atoms with van der Waals surface area (Å²) in [5, 5.41) is 4.46. The number of nitrogens with zero attached hydrogens (tertiary/aromatic N) is 2. The predicted octanol–water partition coefficient (Wildman–Crippen LogP) is 4.01. The Morgan fingerprint density at radius 1 is 0.963 bits per heavy atom. The molecule has 6 nitrogen and oxygen atoms in total. The highest BCUT2D eigenvalue weighted by molar-refractivity contribution is 5.92. The van der Waals surface area contributed by atoms with Crippen molar-refractivity contribution in [2.45, 2.75) is 25.4 Å². The Balaban J connectivity index is 1.45. The van der Waals surface area contributed by atoms with Gasteiger partial charge < -0.3 is 19.5 Å². The third-order valence-corrected chi connectivity index (χ3v) is 5.11. The van der Waals surface area contributed by atoms with Crippen molar-refractivity contribution < 1.29 is 14.2 Å². The number of fused-ring (bicyclic) bond motifs is 2. The molecule has 0 radical (unpaired) electrons. The van der Waals surface area contributed by atoms with E-state index in [1.165, 1.54) is 6.42 Å². The molecule has 27 heavy (non-hydrogen) atoms. The average molecular weight is 363 g/mol. The van der Waals surface area contributed by atoms with E-state index >= 15 is 0 Å². The summed E-state index contributed by atoms with van der Waals surface area (Å²) in [7, 11) is 0. The van der Waals surface area contributed by atoms with Gasteiger partial charge in [0.15, 0.2) is 11.5 Å². The Morgan fingerprint density at radius 2 is 1.85 bits per heavy atom. The van der Waals surface area contributed by atoms with E-state index in [9.17, 15) is 0 Å². The molecule has 0 saturated carbocycles. The second kappa shape index (κ2) is 7.04. The summed E-state index contributed by atoms with van der Waals surface area (Å²) in [6, 6.07) is 12.2. The summed E-state index contributed by atoms with van der Waals surface area (Å²) in [6.45, 7) is 1.90. The van der Waals surface area contributed by atoms with Crippen LogP contribution in [0.1, 0.15) is 19.3 Å². The van der Waals surface area contributed by atoms with Gasteiger partial charge in [-0.25, -0.2) is 9.97 Å². The lowest BCUT2D eigenvalue weighted by atomic mass is 10.0. The van der Waals surface area contributed by atoms with E-state index in [2.05, 4.69) is 27.4 Å². The van der Waals surface area contributed by atoms with Crippen LogP contribution in [-0.2, 0) is 4.74 Å². The third-order valence-electron chi connectivity index (χ3n) is 5.11. The van der Waals surface area contributed by atoms with E-state index in [0.717, 1.165) is 65.3 Å². The summed E-state index contributed by atoms with van der Waals surface area (Å²) in [6.07, 6.45) is 5.34. The van der Waals surface area contributed by atoms with Crippen LogP contribution >= 0.6 is 0 Å². The first-order valence-corrected chi connectivity index (χ1v) is 9.37. The number of hydrogen-bond acceptors (Lipinski definition) is 6. The molecular formula is C21H21N3O3. The van der Waals surface area contributed by atoms with E-state index < -0.39 is 0 Å². The first kappa shape index (κ1) is 16.3. The van der Waals surface area contributed by atoms with Crippen molar-refractivity contribution >= 4 is 16.7 Å². The minimum absolute atomic E-state index is 0.251. The first-order valence-electron chi connectivity index (χ1n) is 9.37. The van der Waals surface area contributed by atoms with Gasteiger partial charge in [0, 0.05) is 18.5 Å². The Hall–Kier alpha value is -2.86. The van der Waals surface area contributed by atoms with Crippen LogP contribution < -0.4 is 14.8 Å². The highest BCUT2D eigenvalue weighted by Crippen LogP contribution is 2.36. The molecule has 1 N–H and O–H groups in total. The lowest BCUT2D eigenvalue weighted by Crippen LogP contribution is -2.27. The smallest absolute Gasteiger partial charge is 0.231 e. The highest BCUT2D eigenvalue weighted by atomic mass is 16.7. The van der Waals surface area contributed by atoms with Crippen LogP contribution in [0.5, 0.6) is 11.5 Å². The van der Waals surface area contributed by atoms with Crippen LogP contribution in [0, 0.1) is 0 Å². The molecule has 138 valence electrons. The van der Waals surface area contributed by atoms with Crippen LogP contribution in [0.2, 0.25) is 0 Å². The number of anilines is 1. The monoisotopic (exact) mass is 363 g/mol.